The van der Waals surface area contributed by atoms with E-state index in [2.05, 4.69) is 5.32 Å². The number of halogens is 2. The number of benzene rings is 3. The SMILES string of the molecule is Cc1ccc(NC(=O)N2Cc3ccccc3-n3cccc3[C@H]2c2cc(F)cc(F)c2)cc1C. The lowest BCUT2D eigenvalue weighted by molar-refractivity contribution is 0.194. The summed E-state index contributed by atoms with van der Waals surface area (Å²) in [7, 11) is 0. The van der Waals surface area contributed by atoms with Crippen molar-refractivity contribution >= 4 is 11.7 Å². The van der Waals surface area contributed by atoms with E-state index in [0.29, 0.717) is 11.3 Å². The zero-order valence-corrected chi connectivity index (χ0v) is 18.3. The van der Waals surface area contributed by atoms with E-state index in [9.17, 15) is 13.6 Å². The van der Waals surface area contributed by atoms with Gasteiger partial charge in [0.15, 0.2) is 0 Å². The Morgan fingerprint density at radius 3 is 2.42 bits per heavy atom. The standard InChI is InChI=1S/C27H23F2N3O/c1-17-9-10-23(12-18(17)2)30-27(33)32-16-19-6-3-4-7-24(19)31-11-5-8-25(31)26(32)20-13-21(28)15-22(29)14-20/h3-15,26H,16H2,1-2H3,(H,30,33)/t26-/m1/s1. The van der Waals surface area contributed by atoms with Gasteiger partial charge >= 0.3 is 6.03 Å². The van der Waals surface area contributed by atoms with Crippen LogP contribution >= 0.6 is 0 Å². The number of para-hydroxylation sites is 1. The average molecular weight is 443 g/mol. The number of amides is 2. The summed E-state index contributed by atoms with van der Waals surface area (Å²) in [5.41, 5.74) is 5.84. The van der Waals surface area contributed by atoms with E-state index in [-0.39, 0.29) is 12.6 Å². The third kappa shape index (κ3) is 3.89. The van der Waals surface area contributed by atoms with Crippen molar-refractivity contribution in [2.45, 2.75) is 26.4 Å². The Labute approximate surface area is 191 Å². The van der Waals surface area contributed by atoms with Gasteiger partial charge in [-0.3, -0.25) is 0 Å². The molecule has 0 saturated carbocycles. The van der Waals surface area contributed by atoms with Gasteiger partial charge < -0.3 is 14.8 Å². The number of anilines is 1. The highest BCUT2D eigenvalue weighted by Gasteiger charge is 2.33. The van der Waals surface area contributed by atoms with Gasteiger partial charge in [-0.2, -0.15) is 0 Å². The van der Waals surface area contributed by atoms with Gasteiger partial charge in [-0.1, -0.05) is 24.3 Å². The molecule has 1 aliphatic rings. The molecule has 0 saturated heterocycles. The first-order valence-corrected chi connectivity index (χ1v) is 10.8. The molecular formula is C27H23F2N3O. The molecule has 1 atom stereocenters. The number of hydrogen-bond acceptors (Lipinski definition) is 1. The molecule has 0 unspecified atom stereocenters. The number of hydrogen-bond donors (Lipinski definition) is 1. The number of carbonyl (C=O) groups is 1. The number of nitrogens with zero attached hydrogens (tertiary/aromatic N) is 2. The van der Waals surface area contributed by atoms with Crippen molar-refractivity contribution in [2.24, 2.45) is 0 Å². The number of carbonyl (C=O) groups excluding carboxylic acids is 1. The smallest absolute Gasteiger partial charge is 0.318 e. The largest absolute Gasteiger partial charge is 0.322 e. The van der Waals surface area contributed by atoms with Crippen molar-refractivity contribution in [3.05, 3.63) is 119 Å². The van der Waals surface area contributed by atoms with Crippen molar-refractivity contribution < 1.29 is 13.6 Å². The van der Waals surface area contributed by atoms with Crippen LogP contribution in [0.3, 0.4) is 0 Å². The predicted octanol–water partition coefficient (Wildman–Crippen LogP) is 6.51. The minimum atomic E-state index is -0.691. The first kappa shape index (κ1) is 20.9. The Morgan fingerprint density at radius 1 is 0.909 bits per heavy atom. The summed E-state index contributed by atoms with van der Waals surface area (Å²) >= 11 is 0. The van der Waals surface area contributed by atoms with Crippen LogP contribution in [0.2, 0.25) is 0 Å². The van der Waals surface area contributed by atoms with Crippen LogP contribution in [0.4, 0.5) is 19.3 Å². The van der Waals surface area contributed by atoms with Gasteiger partial charge in [-0.25, -0.2) is 13.6 Å². The first-order chi connectivity index (χ1) is 15.9. The fraction of sp³-hybridized carbons (Fsp3) is 0.148. The molecule has 0 aliphatic carbocycles. The summed E-state index contributed by atoms with van der Waals surface area (Å²) in [4.78, 5) is 15.3. The maximum atomic E-state index is 14.2. The number of nitrogens with one attached hydrogen (secondary N) is 1. The lowest BCUT2D eigenvalue weighted by Gasteiger charge is -2.31. The molecule has 33 heavy (non-hydrogen) atoms. The second-order valence-electron chi connectivity index (χ2n) is 8.39. The zero-order valence-electron chi connectivity index (χ0n) is 18.3. The van der Waals surface area contributed by atoms with Crippen molar-refractivity contribution in [3.63, 3.8) is 0 Å². The number of aryl methyl sites for hydroxylation is 2. The van der Waals surface area contributed by atoms with Crippen LogP contribution < -0.4 is 5.32 Å². The molecule has 0 bridgehead atoms. The third-order valence-electron chi connectivity index (χ3n) is 6.18. The Bertz CT molecular complexity index is 1340. The van der Waals surface area contributed by atoms with E-state index in [4.69, 9.17) is 0 Å². The maximum absolute atomic E-state index is 14.2. The van der Waals surface area contributed by atoms with Crippen molar-refractivity contribution in [3.8, 4) is 5.69 Å². The monoisotopic (exact) mass is 443 g/mol. The Kier molecular flexibility index (Phi) is 5.21. The van der Waals surface area contributed by atoms with Crippen molar-refractivity contribution in [1.82, 2.24) is 9.47 Å². The molecule has 0 radical (unpaired) electrons. The molecule has 1 aromatic heterocycles. The number of aromatic nitrogens is 1. The molecule has 4 aromatic rings. The lowest BCUT2D eigenvalue weighted by Crippen LogP contribution is -2.38. The Morgan fingerprint density at radius 2 is 1.67 bits per heavy atom. The molecule has 0 spiro atoms. The van der Waals surface area contributed by atoms with Crippen LogP contribution in [-0.2, 0) is 6.54 Å². The molecule has 1 N–H and O–H groups in total. The second-order valence-corrected chi connectivity index (χ2v) is 8.39. The quantitative estimate of drug-likeness (QED) is 0.377. The van der Waals surface area contributed by atoms with Crippen LogP contribution in [0.25, 0.3) is 5.69 Å². The fourth-order valence-corrected chi connectivity index (χ4v) is 4.44. The van der Waals surface area contributed by atoms with Crippen LogP contribution in [0.15, 0.2) is 79.0 Å². The van der Waals surface area contributed by atoms with Gasteiger partial charge in [0.2, 0.25) is 0 Å². The molecule has 6 heteroatoms. The van der Waals surface area contributed by atoms with E-state index < -0.39 is 17.7 Å². The van der Waals surface area contributed by atoms with E-state index >= 15 is 0 Å². The maximum Gasteiger partial charge on any atom is 0.322 e. The summed E-state index contributed by atoms with van der Waals surface area (Å²) in [5, 5.41) is 2.98. The van der Waals surface area contributed by atoms with Crippen molar-refractivity contribution in [1.29, 1.82) is 0 Å². The molecule has 5 rings (SSSR count). The summed E-state index contributed by atoms with van der Waals surface area (Å²) in [6.07, 6.45) is 1.90. The summed E-state index contributed by atoms with van der Waals surface area (Å²) in [6, 6.07) is 19.6. The zero-order chi connectivity index (χ0) is 23.1. The fourth-order valence-electron chi connectivity index (χ4n) is 4.44. The molecule has 1 aliphatic heterocycles. The highest BCUT2D eigenvalue weighted by atomic mass is 19.1. The summed E-state index contributed by atoms with van der Waals surface area (Å²) in [6.45, 7) is 4.27. The lowest BCUT2D eigenvalue weighted by atomic mass is 10.0. The Balaban J connectivity index is 1.64. The average Bonchev–Trinajstić information content (AvgIpc) is 3.19. The molecule has 166 valence electrons. The van der Waals surface area contributed by atoms with Crippen LogP contribution in [0.1, 0.15) is 34.0 Å². The minimum absolute atomic E-state index is 0.275. The molecule has 4 nitrogen and oxygen atoms in total. The molecule has 3 aromatic carbocycles. The van der Waals surface area contributed by atoms with E-state index in [0.717, 1.165) is 34.1 Å². The first-order valence-electron chi connectivity index (χ1n) is 10.8. The van der Waals surface area contributed by atoms with Crippen LogP contribution in [-0.4, -0.2) is 15.5 Å². The Hall–Kier alpha value is -3.93. The number of urea groups is 1. The van der Waals surface area contributed by atoms with Gasteiger partial charge in [-0.05, 0) is 78.6 Å². The topological polar surface area (TPSA) is 37.3 Å². The van der Waals surface area contributed by atoms with E-state index in [1.165, 1.54) is 12.1 Å². The highest BCUT2D eigenvalue weighted by molar-refractivity contribution is 5.90. The van der Waals surface area contributed by atoms with Gasteiger partial charge in [0.25, 0.3) is 0 Å². The van der Waals surface area contributed by atoms with Gasteiger partial charge in [0.1, 0.15) is 11.6 Å². The van der Waals surface area contributed by atoms with Gasteiger partial charge in [0.05, 0.1) is 18.3 Å². The number of rotatable bonds is 2. The second kappa shape index (κ2) is 8.20. The van der Waals surface area contributed by atoms with E-state index in [1.807, 2.05) is 79.2 Å². The minimum Gasteiger partial charge on any atom is -0.318 e. The predicted molar refractivity (Wildman–Crippen MR) is 124 cm³/mol. The third-order valence-corrected chi connectivity index (χ3v) is 6.18. The van der Waals surface area contributed by atoms with Crippen LogP contribution in [0.5, 0.6) is 0 Å². The molecule has 0 fully saturated rings. The highest BCUT2D eigenvalue weighted by Crippen LogP contribution is 2.37. The summed E-state index contributed by atoms with van der Waals surface area (Å²) in [5.74, 6) is -1.36. The summed E-state index contributed by atoms with van der Waals surface area (Å²) < 4.78 is 30.5. The molecular weight excluding hydrogens is 420 g/mol. The van der Waals surface area contributed by atoms with Crippen LogP contribution in [0, 0.1) is 25.5 Å². The normalized spacial score (nSPS) is 14.9. The van der Waals surface area contributed by atoms with Gasteiger partial charge in [0, 0.05) is 23.6 Å². The number of fused-ring (bicyclic) bond motifs is 3. The van der Waals surface area contributed by atoms with E-state index in [1.54, 1.807) is 4.90 Å². The molecule has 2 heterocycles. The van der Waals surface area contributed by atoms with Gasteiger partial charge in [-0.15, -0.1) is 0 Å². The van der Waals surface area contributed by atoms with Crippen molar-refractivity contribution in [2.75, 3.05) is 5.32 Å². The molecule has 2 amide bonds.